The molecule has 1 amide bonds. The number of rotatable bonds is 5. The molecule has 0 saturated heterocycles. The summed E-state index contributed by atoms with van der Waals surface area (Å²) in [7, 11) is -2.42. The van der Waals surface area contributed by atoms with Crippen molar-refractivity contribution in [3.8, 4) is 5.75 Å². The molecule has 0 aromatic heterocycles. The number of para-hydroxylation sites is 2. The van der Waals surface area contributed by atoms with Crippen LogP contribution in [0.5, 0.6) is 5.75 Å². The zero-order chi connectivity index (χ0) is 22.0. The highest BCUT2D eigenvalue weighted by atomic mass is 32.2. The second-order valence-corrected chi connectivity index (χ2v) is 9.21. The first-order valence-electron chi connectivity index (χ1n) is 10.1. The van der Waals surface area contributed by atoms with Crippen LogP contribution in [0.4, 0.5) is 11.4 Å². The molecule has 3 aromatic rings. The number of ether oxygens (including phenoxy) is 1. The highest BCUT2D eigenvalue weighted by Crippen LogP contribution is 2.30. The Hall–Kier alpha value is -3.32. The van der Waals surface area contributed by atoms with E-state index in [0.717, 1.165) is 29.7 Å². The maximum absolute atomic E-state index is 13.3. The summed E-state index contributed by atoms with van der Waals surface area (Å²) in [6, 6.07) is 19.0. The Balaban J connectivity index is 1.64. The van der Waals surface area contributed by atoms with E-state index in [4.69, 9.17) is 4.74 Å². The van der Waals surface area contributed by atoms with Crippen LogP contribution in [0.2, 0.25) is 0 Å². The predicted molar refractivity (Wildman–Crippen MR) is 121 cm³/mol. The number of nitrogens with one attached hydrogen (secondary N) is 1. The van der Waals surface area contributed by atoms with E-state index in [0.29, 0.717) is 23.5 Å². The third-order valence-corrected chi connectivity index (χ3v) is 6.70. The summed E-state index contributed by atoms with van der Waals surface area (Å²) in [5, 5.41) is 0. The van der Waals surface area contributed by atoms with Crippen molar-refractivity contribution >= 4 is 27.3 Å². The average molecular weight is 437 g/mol. The van der Waals surface area contributed by atoms with Crippen molar-refractivity contribution in [3.05, 3.63) is 83.4 Å². The number of carbonyl (C=O) groups is 1. The summed E-state index contributed by atoms with van der Waals surface area (Å²) < 4.78 is 33.7. The lowest BCUT2D eigenvalue weighted by molar-refractivity contribution is 0.0985. The molecular formula is C24H24N2O4S. The number of hydrogen-bond acceptors (Lipinski definition) is 4. The third kappa shape index (κ3) is 4.27. The lowest BCUT2D eigenvalue weighted by Crippen LogP contribution is -2.35. The van der Waals surface area contributed by atoms with Crippen molar-refractivity contribution in [1.82, 2.24) is 0 Å². The monoisotopic (exact) mass is 436 g/mol. The molecule has 0 fully saturated rings. The molecule has 0 atom stereocenters. The van der Waals surface area contributed by atoms with Crippen molar-refractivity contribution in [3.63, 3.8) is 0 Å². The minimum Gasteiger partial charge on any atom is -0.495 e. The number of aryl methyl sites for hydroxylation is 2. The maximum Gasteiger partial charge on any atom is 0.262 e. The average Bonchev–Trinajstić information content (AvgIpc) is 2.78. The van der Waals surface area contributed by atoms with Crippen LogP contribution >= 0.6 is 0 Å². The summed E-state index contributed by atoms with van der Waals surface area (Å²) in [5.74, 6) is 0.206. The molecule has 31 heavy (non-hydrogen) atoms. The number of benzene rings is 3. The Labute approximate surface area is 182 Å². The van der Waals surface area contributed by atoms with Gasteiger partial charge in [0.15, 0.2) is 0 Å². The topological polar surface area (TPSA) is 75.7 Å². The Morgan fingerprint density at radius 1 is 1.03 bits per heavy atom. The number of anilines is 2. The van der Waals surface area contributed by atoms with E-state index < -0.39 is 10.0 Å². The molecule has 0 aliphatic carbocycles. The fraction of sp³-hybridized carbons (Fsp3) is 0.208. The van der Waals surface area contributed by atoms with E-state index in [1.807, 2.05) is 19.1 Å². The SMILES string of the molecule is COc1ccccc1NS(=O)(=O)c1cccc(C(=O)N2CCCc3cc(C)ccc32)c1. The van der Waals surface area contributed by atoms with E-state index in [1.54, 1.807) is 41.3 Å². The largest absolute Gasteiger partial charge is 0.495 e. The molecule has 160 valence electrons. The summed E-state index contributed by atoms with van der Waals surface area (Å²) in [6.45, 7) is 2.63. The fourth-order valence-corrected chi connectivity index (χ4v) is 4.94. The van der Waals surface area contributed by atoms with Gasteiger partial charge < -0.3 is 9.64 Å². The summed E-state index contributed by atoms with van der Waals surface area (Å²) >= 11 is 0. The molecule has 4 rings (SSSR count). The fourth-order valence-electron chi connectivity index (χ4n) is 3.82. The highest BCUT2D eigenvalue weighted by Gasteiger charge is 2.25. The molecule has 1 aliphatic heterocycles. The van der Waals surface area contributed by atoms with Gasteiger partial charge in [0, 0.05) is 17.8 Å². The maximum atomic E-state index is 13.3. The van der Waals surface area contributed by atoms with Gasteiger partial charge in [-0.1, -0.05) is 35.9 Å². The molecule has 0 bridgehead atoms. The molecule has 0 unspecified atom stereocenters. The molecule has 0 saturated carbocycles. The molecule has 3 aromatic carbocycles. The van der Waals surface area contributed by atoms with E-state index in [-0.39, 0.29) is 10.8 Å². The van der Waals surface area contributed by atoms with Gasteiger partial charge in [-0.2, -0.15) is 0 Å². The summed E-state index contributed by atoms with van der Waals surface area (Å²) in [6.07, 6.45) is 1.80. The van der Waals surface area contributed by atoms with E-state index in [1.165, 1.54) is 19.2 Å². The van der Waals surface area contributed by atoms with Gasteiger partial charge in [0.2, 0.25) is 0 Å². The van der Waals surface area contributed by atoms with Crippen molar-refractivity contribution in [2.24, 2.45) is 0 Å². The number of carbonyl (C=O) groups excluding carboxylic acids is 1. The number of amides is 1. The standard InChI is InChI=1S/C24H24N2O4S/c1-17-12-13-22-18(15-17)8-6-14-26(22)24(27)19-7-5-9-20(16-19)31(28,29)25-21-10-3-4-11-23(21)30-2/h3-5,7,9-13,15-16,25H,6,8,14H2,1-2H3. The minimum atomic E-state index is -3.90. The van der Waals surface area contributed by atoms with Crippen LogP contribution in [0.3, 0.4) is 0 Å². The first-order valence-corrected chi connectivity index (χ1v) is 11.5. The lowest BCUT2D eigenvalue weighted by atomic mass is 9.99. The molecular weight excluding hydrogens is 412 g/mol. The van der Waals surface area contributed by atoms with E-state index in [2.05, 4.69) is 10.8 Å². The Morgan fingerprint density at radius 2 is 1.84 bits per heavy atom. The van der Waals surface area contributed by atoms with Crippen LogP contribution in [0, 0.1) is 6.92 Å². The molecule has 0 radical (unpaired) electrons. The molecule has 0 spiro atoms. The van der Waals surface area contributed by atoms with E-state index >= 15 is 0 Å². The van der Waals surface area contributed by atoms with Gasteiger partial charge in [-0.3, -0.25) is 9.52 Å². The molecule has 1 heterocycles. The van der Waals surface area contributed by atoms with Crippen LogP contribution in [-0.4, -0.2) is 28.0 Å². The number of nitrogens with zero attached hydrogens (tertiary/aromatic N) is 1. The molecule has 1 N–H and O–H groups in total. The highest BCUT2D eigenvalue weighted by molar-refractivity contribution is 7.92. The summed E-state index contributed by atoms with van der Waals surface area (Å²) in [5.41, 5.74) is 3.85. The second-order valence-electron chi connectivity index (χ2n) is 7.53. The molecule has 1 aliphatic rings. The number of hydrogen-bond donors (Lipinski definition) is 1. The number of fused-ring (bicyclic) bond motifs is 1. The predicted octanol–water partition coefficient (Wildman–Crippen LogP) is 4.40. The quantitative estimate of drug-likeness (QED) is 0.643. The van der Waals surface area contributed by atoms with Gasteiger partial charge in [0.25, 0.3) is 15.9 Å². The second kappa shape index (κ2) is 8.43. The van der Waals surface area contributed by atoms with Crippen LogP contribution in [-0.2, 0) is 16.4 Å². The zero-order valence-electron chi connectivity index (χ0n) is 17.5. The van der Waals surface area contributed by atoms with Crippen molar-refractivity contribution in [2.45, 2.75) is 24.7 Å². The molecule has 7 heteroatoms. The van der Waals surface area contributed by atoms with Crippen LogP contribution in [0.15, 0.2) is 71.6 Å². The first-order chi connectivity index (χ1) is 14.9. The zero-order valence-corrected chi connectivity index (χ0v) is 18.3. The minimum absolute atomic E-state index is 0.0189. The van der Waals surface area contributed by atoms with Gasteiger partial charge in [-0.05, 0) is 61.7 Å². The van der Waals surface area contributed by atoms with Gasteiger partial charge in [-0.15, -0.1) is 0 Å². The Bertz CT molecular complexity index is 1240. The van der Waals surface area contributed by atoms with Crippen LogP contribution < -0.4 is 14.4 Å². The van der Waals surface area contributed by atoms with Gasteiger partial charge >= 0.3 is 0 Å². The smallest absolute Gasteiger partial charge is 0.262 e. The van der Waals surface area contributed by atoms with Crippen molar-refractivity contribution < 1.29 is 17.9 Å². The third-order valence-electron chi connectivity index (χ3n) is 5.34. The molecule has 6 nitrogen and oxygen atoms in total. The van der Waals surface area contributed by atoms with Crippen molar-refractivity contribution in [2.75, 3.05) is 23.3 Å². The van der Waals surface area contributed by atoms with Gasteiger partial charge in [0.1, 0.15) is 5.75 Å². The van der Waals surface area contributed by atoms with Crippen LogP contribution in [0.1, 0.15) is 27.9 Å². The summed E-state index contributed by atoms with van der Waals surface area (Å²) in [4.78, 5) is 15.0. The normalized spacial score (nSPS) is 13.4. The van der Waals surface area contributed by atoms with Crippen molar-refractivity contribution in [1.29, 1.82) is 0 Å². The van der Waals surface area contributed by atoms with Gasteiger partial charge in [-0.25, -0.2) is 8.42 Å². The van der Waals surface area contributed by atoms with Crippen LogP contribution in [0.25, 0.3) is 0 Å². The Kier molecular flexibility index (Phi) is 5.69. The van der Waals surface area contributed by atoms with E-state index in [9.17, 15) is 13.2 Å². The first kappa shape index (κ1) is 20.9. The Morgan fingerprint density at radius 3 is 2.65 bits per heavy atom. The number of sulfonamides is 1. The van der Waals surface area contributed by atoms with Gasteiger partial charge in [0.05, 0.1) is 17.7 Å². The number of methoxy groups -OCH3 is 1. The lowest BCUT2D eigenvalue weighted by Gasteiger charge is -2.30.